The number of benzene rings is 1. The smallest absolute Gasteiger partial charge is 0.180 e. The minimum atomic E-state index is 0.0951. The van der Waals surface area contributed by atoms with Gasteiger partial charge < -0.3 is 4.74 Å². The number of para-hydroxylation sites is 1. The van der Waals surface area contributed by atoms with E-state index in [1.807, 2.05) is 30.3 Å². The zero-order chi connectivity index (χ0) is 15.2. The van der Waals surface area contributed by atoms with Crippen molar-refractivity contribution in [2.75, 3.05) is 13.7 Å². The molecule has 2 rings (SSSR count). The maximum atomic E-state index is 12.5. The summed E-state index contributed by atoms with van der Waals surface area (Å²) >= 11 is 1.72. The molecule has 0 spiro atoms. The average molecular weight is 303 g/mol. The number of carbonyl (C=O) groups is 1. The third-order valence-corrected chi connectivity index (χ3v) is 4.28. The molecule has 112 valence electrons. The Morgan fingerprint density at radius 3 is 2.62 bits per heavy atom. The van der Waals surface area contributed by atoms with Gasteiger partial charge >= 0.3 is 0 Å². The summed E-state index contributed by atoms with van der Waals surface area (Å²) in [6.45, 7) is 5.43. The standard InChI is InChI=1S/C17H21NO2S/c1-13(2)18(11-14-7-6-10-21-14)12-16(19)15-8-4-5-9-17(15)20-3/h4-10,13H,11-12H2,1-3H3. The van der Waals surface area contributed by atoms with E-state index in [2.05, 4.69) is 30.2 Å². The van der Waals surface area contributed by atoms with E-state index >= 15 is 0 Å². The van der Waals surface area contributed by atoms with Crippen molar-refractivity contribution >= 4 is 17.1 Å². The third-order valence-electron chi connectivity index (χ3n) is 3.42. The second-order valence-corrected chi connectivity index (χ2v) is 6.23. The molecular weight excluding hydrogens is 282 g/mol. The van der Waals surface area contributed by atoms with Gasteiger partial charge in [-0.1, -0.05) is 18.2 Å². The summed E-state index contributed by atoms with van der Waals surface area (Å²) in [6.07, 6.45) is 0. The van der Waals surface area contributed by atoms with E-state index in [0.29, 0.717) is 23.9 Å². The van der Waals surface area contributed by atoms with Crippen molar-refractivity contribution in [2.24, 2.45) is 0 Å². The van der Waals surface area contributed by atoms with E-state index in [9.17, 15) is 4.79 Å². The Balaban J connectivity index is 2.11. The minimum Gasteiger partial charge on any atom is -0.496 e. The lowest BCUT2D eigenvalue weighted by Crippen LogP contribution is -2.35. The zero-order valence-corrected chi connectivity index (χ0v) is 13.5. The fourth-order valence-corrected chi connectivity index (χ4v) is 2.90. The van der Waals surface area contributed by atoms with Gasteiger partial charge in [-0.05, 0) is 37.4 Å². The van der Waals surface area contributed by atoms with Gasteiger partial charge in [0.15, 0.2) is 5.78 Å². The molecule has 2 aromatic rings. The van der Waals surface area contributed by atoms with Crippen LogP contribution in [-0.4, -0.2) is 30.4 Å². The second-order valence-electron chi connectivity index (χ2n) is 5.20. The highest BCUT2D eigenvalue weighted by Crippen LogP contribution is 2.20. The maximum absolute atomic E-state index is 12.5. The first-order valence-electron chi connectivity index (χ1n) is 7.04. The van der Waals surface area contributed by atoms with Gasteiger partial charge in [-0.25, -0.2) is 0 Å². The van der Waals surface area contributed by atoms with Gasteiger partial charge in [0.2, 0.25) is 0 Å². The SMILES string of the molecule is COc1ccccc1C(=O)CN(Cc1cccs1)C(C)C. The van der Waals surface area contributed by atoms with Crippen LogP contribution in [0.5, 0.6) is 5.75 Å². The first-order chi connectivity index (χ1) is 10.1. The summed E-state index contributed by atoms with van der Waals surface area (Å²) in [5.74, 6) is 0.736. The molecule has 0 aliphatic carbocycles. The first kappa shape index (κ1) is 15.7. The fourth-order valence-electron chi connectivity index (χ4n) is 2.17. The highest BCUT2D eigenvalue weighted by atomic mass is 32.1. The Bertz CT molecular complexity index is 578. The highest BCUT2D eigenvalue weighted by Gasteiger charge is 2.18. The highest BCUT2D eigenvalue weighted by molar-refractivity contribution is 7.09. The van der Waals surface area contributed by atoms with Gasteiger partial charge in [-0.15, -0.1) is 11.3 Å². The van der Waals surface area contributed by atoms with Crippen LogP contribution in [0, 0.1) is 0 Å². The van der Waals surface area contributed by atoms with Crippen molar-refractivity contribution in [2.45, 2.75) is 26.4 Å². The average Bonchev–Trinajstić information content (AvgIpc) is 2.99. The van der Waals surface area contributed by atoms with Crippen molar-refractivity contribution in [3.8, 4) is 5.75 Å². The fraction of sp³-hybridized carbons (Fsp3) is 0.353. The molecule has 0 aliphatic rings. The number of ether oxygens (including phenoxy) is 1. The molecule has 0 bridgehead atoms. The number of rotatable bonds is 7. The Morgan fingerprint density at radius 1 is 1.24 bits per heavy atom. The lowest BCUT2D eigenvalue weighted by molar-refractivity contribution is 0.0896. The summed E-state index contributed by atoms with van der Waals surface area (Å²) in [5.41, 5.74) is 0.650. The van der Waals surface area contributed by atoms with Crippen LogP contribution in [0.1, 0.15) is 29.1 Å². The summed E-state index contributed by atoms with van der Waals surface area (Å²) in [5, 5.41) is 2.07. The summed E-state index contributed by atoms with van der Waals surface area (Å²) < 4.78 is 5.28. The lowest BCUT2D eigenvalue weighted by Gasteiger charge is -2.25. The molecule has 0 unspecified atom stereocenters. The Labute approximate surface area is 130 Å². The quantitative estimate of drug-likeness (QED) is 0.728. The number of Topliss-reactive ketones (excluding diaryl/α,β-unsaturated/α-hetero) is 1. The van der Waals surface area contributed by atoms with Crippen LogP contribution in [0.25, 0.3) is 0 Å². The number of hydrogen-bond donors (Lipinski definition) is 0. The summed E-state index contributed by atoms with van der Waals surface area (Å²) in [7, 11) is 1.60. The predicted molar refractivity (Wildman–Crippen MR) is 87.2 cm³/mol. The van der Waals surface area contributed by atoms with E-state index in [4.69, 9.17) is 4.74 Å². The number of methoxy groups -OCH3 is 1. The molecule has 1 heterocycles. The van der Waals surface area contributed by atoms with Gasteiger partial charge in [0.1, 0.15) is 5.75 Å². The maximum Gasteiger partial charge on any atom is 0.180 e. The number of hydrogen-bond acceptors (Lipinski definition) is 4. The van der Waals surface area contributed by atoms with Gasteiger partial charge in [0.05, 0.1) is 19.2 Å². The molecule has 1 aromatic heterocycles. The van der Waals surface area contributed by atoms with Gasteiger partial charge in [-0.3, -0.25) is 9.69 Å². The number of thiophene rings is 1. The van der Waals surface area contributed by atoms with Crippen molar-refractivity contribution in [1.29, 1.82) is 0 Å². The Morgan fingerprint density at radius 2 is 2.00 bits per heavy atom. The molecule has 21 heavy (non-hydrogen) atoms. The van der Waals surface area contributed by atoms with E-state index < -0.39 is 0 Å². The minimum absolute atomic E-state index is 0.0951. The third kappa shape index (κ3) is 4.16. The van der Waals surface area contributed by atoms with Gasteiger partial charge in [0, 0.05) is 17.5 Å². The van der Waals surface area contributed by atoms with E-state index in [1.165, 1.54) is 4.88 Å². The van der Waals surface area contributed by atoms with Crippen molar-refractivity contribution in [1.82, 2.24) is 4.90 Å². The molecule has 0 saturated heterocycles. The second kappa shape index (κ2) is 7.38. The summed E-state index contributed by atoms with van der Waals surface area (Å²) in [4.78, 5) is 16.0. The van der Waals surface area contributed by atoms with Crippen LogP contribution in [0.3, 0.4) is 0 Å². The normalized spacial score (nSPS) is 11.1. The molecule has 0 atom stereocenters. The molecule has 3 nitrogen and oxygen atoms in total. The van der Waals surface area contributed by atoms with E-state index in [0.717, 1.165) is 6.54 Å². The Hall–Kier alpha value is -1.65. The van der Waals surface area contributed by atoms with Crippen LogP contribution in [0.15, 0.2) is 41.8 Å². The van der Waals surface area contributed by atoms with Crippen LogP contribution >= 0.6 is 11.3 Å². The molecule has 0 N–H and O–H groups in total. The van der Waals surface area contributed by atoms with Crippen LogP contribution < -0.4 is 4.74 Å². The van der Waals surface area contributed by atoms with Crippen LogP contribution in [-0.2, 0) is 6.54 Å². The topological polar surface area (TPSA) is 29.5 Å². The number of ketones is 1. The van der Waals surface area contributed by atoms with Crippen molar-refractivity contribution in [3.63, 3.8) is 0 Å². The molecule has 0 aliphatic heterocycles. The molecule has 0 saturated carbocycles. The first-order valence-corrected chi connectivity index (χ1v) is 7.92. The van der Waals surface area contributed by atoms with Crippen LogP contribution in [0.4, 0.5) is 0 Å². The molecule has 4 heteroatoms. The van der Waals surface area contributed by atoms with E-state index in [1.54, 1.807) is 18.4 Å². The lowest BCUT2D eigenvalue weighted by atomic mass is 10.1. The zero-order valence-electron chi connectivity index (χ0n) is 12.7. The molecule has 0 fully saturated rings. The van der Waals surface area contributed by atoms with Gasteiger partial charge in [0.25, 0.3) is 0 Å². The van der Waals surface area contributed by atoms with Crippen LogP contribution in [0.2, 0.25) is 0 Å². The van der Waals surface area contributed by atoms with Gasteiger partial charge in [-0.2, -0.15) is 0 Å². The van der Waals surface area contributed by atoms with Crippen molar-refractivity contribution in [3.05, 3.63) is 52.2 Å². The molecule has 1 aromatic carbocycles. The number of nitrogens with zero attached hydrogens (tertiary/aromatic N) is 1. The molecule has 0 amide bonds. The summed E-state index contributed by atoms with van der Waals surface area (Å²) in [6, 6.07) is 11.9. The predicted octanol–water partition coefficient (Wildman–Crippen LogP) is 3.85. The largest absolute Gasteiger partial charge is 0.496 e. The monoisotopic (exact) mass is 303 g/mol. The van der Waals surface area contributed by atoms with E-state index in [-0.39, 0.29) is 5.78 Å². The number of carbonyl (C=O) groups excluding carboxylic acids is 1. The van der Waals surface area contributed by atoms with Crippen molar-refractivity contribution < 1.29 is 9.53 Å². The molecule has 0 radical (unpaired) electrons. The molecular formula is C17H21NO2S. The Kier molecular flexibility index (Phi) is 5.53.